The smallest absolute Gasteiger partial charge is 0.261 e. The number of nitrogens with two attached hydrogens (primary N) is 1. The Morgan fingerprint density at radius 1 is 1.24 bits per heavy atom. The molecule has 1 amide bonds. The molecular formula is C16H19ClN2OS. The van der Waals surface area contributed by atoms with E-state index in [9.17, 15) is 4.79 Å². The molecule has 0 unspecified atom stereocenters. The first kappa shape index (κ1) is 16.0. The molecule has 2 aromatic rings. The van der Waals surface area contributed by atoms with Crippen LogP contribution in [-0.4, -0.2) is 19.0 Å². The molecule has 3 nitrogen and oxygen atoms in total. The van der Waals surface area contributed by atoms with Gasteiger partial charge in [-0.1, -0.05) is 24.3 Å². The predicted octanol–water partition coefficient (Wildman–Crippen LogP) is 3.01. The standard InChI is InChI=1S/C16H18N2OS.ClH/c17-8-3-9-18-16(19)14-10-12-7-6-11-4-1-2-5-13(11)15(12)20-14;/h1-2,4-5,10H,3,6-9,17H2,(H,18,19);1H. The molecule has 3 N–H and O–H groups in total. The first-order valence-electron chi connectivity index (χ1n) is 6.99. The quantitative estimate of drug-likeness (QED) is 0.850. The number of hydrogen-bond acceptors (Lipinski definition) is 3. The molecule has 0 radical (unpaired) electrons. The summed E-state index contributed by atoms with van der Waals surface area (Å²) in [5.74, 6) is 0.0235. The predicted molar refractivity (Wildman–Crippen MR) is 90.4 cm³/mol. The van der Waals surface area contributed by atoms with E-state index in [1.165, 1.54) is 21.6 Å². The summed E-state index contributed by atoms with van der Waals surface area (Å²) >= 11 is 1.60. The zero-order valence-electron chi connectivity index (χ0n) is 11.7. The largest absolute Gasteiger partial charge is 0.351 e. The maximum absolute atomic E-state index is 12.1. The summed E-state index contributed by atoms with van der Waals surface area (Å²) in [6.45, 7) is 1.25. The number of carbonyl (C=O) groups excluding carboxylic acids is 1. The second-order valence-corrected chi connectivity index (χ2v) is 6.07. The highest BCUT2D eigenvalue weighted by Gasteiger charge is 2.20. The first-order valence-corrected chi connectivity index (χ1v) is 7.80. The van der Waals surface area contributed by atoms with Crippen molar-refractivity contribution in [1.82, 2.24) is 5.32 Å². The monoisotopic (exact) mass is 322 g/mol. The van der Waals surface area contributed by atoms with Crippen LogP contribution in [0, 0.1) is 0 Å². The Kier molecular flexibility index (Phi) is 5.39. The summed E-state index contributed by atoms with van der Waals surface area (Å²) < 4.78 is 0. The van der Waals surface area contributed by atoms with Gasteiger partial charge in [-0.3, -0.25) is 4.79 Å². The first-order chi connectivity index (χ1) is 9.79. The van der Waals surface area contributed by atoms with Crippen molar-refractivity contribution in [3.8, 4) is 10.4 Å². The van der Waals surface area contributed by atoms with Crippen molar-refractivity contribution in [2.75, 3.05) is 13.1 Å². The summed E-state index contributed by atoms with van der Waals surface area (Å²) in [6.07, 6.45) is 2.91. The lowest BCUT2D eigenvalue weighted by atomic mass is 9.91. The highest BCUT2D eigenvalue weighted by molar-refractivity contribution is 7.17. The van der Waals surface area contributed by atoms with Crippen molar-refractivity contribution < 1.29 is 4.79 Å². The van der Waals surface area contributed by atoms with Gasteiger partial charge < -0.3 is 11.1 Å². The van der Waals surface area contributed by atoms with Crippen LogP contribution in [0.4, 0.5) is 0 Å². The van der Waals surface area contributed by atoms with Gasteiger partial charge in [-0.25, -0.2) is 0 Å². The van der Waals surface area contributed by atoms with Gasteiger partial charge in [-0.05, 0) is 48.6 Å². The second kappa shape index (κ2) is 7.07. The highest BCUT2D eigenvalue weighted by atomic mass is 35.5. The molecule has 0 spiro atoms. The van der Waals surface area contributed by atoms with E-state index in [2.05, 4.69) is 29.6 Å². The summed E-state index contributed by atoms with van der Waals surface area (Å²) in [5.41, 5.74) is 9.42. The minimum Gasteiger partial charge on any atom is -0.351 e. The summed E-state index contributed by atoms with van der Waals surface area (Å²) in [7, 11) is 0. The average Bonchev–Trinajstić information content (AvgIpc) is 2.92. The van der Waals surface area contributed by atoms with E-state index in [1.54, 1.807) is 11.3 Å². The van der Waals surface area contributed by atoms with Gasteiger partial charge in [0, 0.05) is 11.4 Å². The van der Waals surface area contributed by atoms with E-state index < -0.39 is 0 Å². The Balaban J connectivity index is 0.00000161. The Hall–Kier alpha value is -1.36. The van der Waals surface area contributed by atoms with E-state index in [1.807, 2.05) is 6.07 Å². The summed E-state index contributed by atoms with van der Waals surface area (Å²) in [5, 5.41) is 2.92. The molecule has 3 rings (SSSR count). The minimum absolute atomic E-state index is 0. The van der Waals surface area contributed by atoms with E-state index in [0.29, 0.717) is 13.1 Å². The van der Waals surface area contributed by atoms with Gasteiger partial charge in [0.05, 0.1) is 4.88 Å². The number of carbonyl (C=O) groups is 1. The lowest BCUT2D eigenvalue weighted by Gasteiger charge is -2.15. The van der Waals surface area contributed by atoms with Gasteiger partial charge in [0.15, 0.2) is 0 Å². The molecule has 1 aromatic heterocycles. The summed E-state index contributed by atoms with van der Waals surface area (Å²) in [4.78, 5) is 14.2. The number of thiophene rings is 1. The van der Waals surface area contributed by atoms with Gasteiger partial charge >= 0.3 is 0 Å². The average molecular weight is 323 g/mol. The van der Waals surface area contributed by atoms with Gasteiger partial charge in [0.2, 0.25) is 0 Å². The maximum atomic E-state index is 12.1. The number of nitrogens with one attached hydrogen (secondary N) is 1. The molecular weight excluding hydrogens is 304 g/mol. The van der Waals surface area contributed by atoms with E-state index in [-0.39, 0.29) is 18.3 Å². The highest BCUT2D eigenvalue weighted by Crippen LogP contribution is 2.39. The fourth-order valence-electron chi connectivity index (χ4n) is 2.57. The number of hydrogen-bond donors (Lipinski definition) is 2. The van der Waals surface area contributed by atoms with Crippen molar-refractivity contribution in [3.05, 3.63) is 46.3 Å². The summed E-state index contributed by atoms with van der Waals surface area (Å²) in [6, 6.07) is 10.5. The number of fused-ring (bicyclic) bond motifs is 3. The fourth-order valence-corrected chi connectivity index (χ4v) is 3.76. The molecule has 5 heteroatoms. The number of amides is 1. The normalized spacial score (nSPS) is 12.0. The van der Waals surface area contributed by atoms with Crippen molar-refractivity contribution >= 4 is 29.7 Å². The van der Waals surface area contributed by atoms with Crippen molar-refractivity contribution in [1.29, 1.82) is 0 Å². The van der Waals surface area contributed by atoms with Crippen LogP contribution in [0.1, 0.15) is 27.2 Å². The van der Waals surface area contributed by atoms with Crippen LogP contribution in [-0.2, 0) is 12.8 Å². The van der Waals surface area contributed by atoms with Crippen LogP contribution in [0.25, 0.3) is 10.4 Å². The molecule has 1 aliphatic carbocycles. The van der Waals surface area contributed by atoms with Crippen LogP contribution >= 0.6 is 23.7 Å². The number of benzene rings is 1. The second-order valence-electron chi connectivity index (χ2n) is 5.02. The van der Waals surface area contributed by atoms with Crippen LogP contribution < -0.4 is 11.1 Å². The zero-order valence-corrected chi connectivity index (χ0v) is 13.4. The molecule has 0 atom stereocenters. The Labute approximate surface area is 135 Å². The zero-order chi connectivity index (χ0) is 13.9. The molecule has 0 saturated carbocycles. The van der Waals surface area contributed by atoms with Crippen molar-refractivity contribution in [2.45, 2.75) is 19.3 Å². The van der Waals surface area contributed by atoms with E-state index in [4.69, 9.17) is 5.73 Å². The lowest BCUT2D eigenvalue weighted by molar-refractivity contribution is 0.0957. The third-order valence-corrected chi connectivity index (χ3v) is 4.83. The van der Waals surface area contributed by atoms with Crippen LogP contribution in [0.5, 0.6) is 0 Å². The number of halogens is 1. The topological polar surface area (TPSA) is 55.1 Å². The van der Waals surface area contributed by atoms with Crippen molar-refractivity contribution in [2.24, 2.45) is 5.73 Å². The molecule has 0 fully saturated rings. The Morgan fingerprint density at radius 3 is 2.81 bits per heavy atom. The van der Waals surface area contributed by atoms with Crippen LogP contribution in [0.2, 0.25) is 0 Å². The molecule has 0 saturated heterocycles. The lowest BCUT2D eigenvalue weighted by Crippen LogP contribution is -2.25. The number of rotatable bonds is 4. The van der Waals surface area contributed by atoms with Crippen molar-refractivity contribution in [3.63, 3.8) is 0 Å². The molecule has 112 valence electrons. The Morgan fingerprint density at radius 2 is 2.00 bits per heavy atom. The molecule has 0 aliphatic heterocycles. The van der Waals surface area contributed by atoms with Gasteiger partial charge in [0.1, 0.15) is 0 Å². The van der Waals surface area contributed by atoms with Crippen LogP contribution in [0.3, 0.4) is 0 Å². The Bertz CT molecular complexity index is 639. The van der Waals surface area contributed by atoms with E-state index >= 15 is 0 Å². The van der Waals surface area contributed by atoms with Gasteiger partial charge in [0.25, 0.3) is 5.91 Å². The van der Waals surface area contributed by atoms with Gasteiger partial charge in [-0.2, -0.15) is 0 Å². The molecule has 1 aliphatic rings. The third-order valence-electron chi connectivity index (χ3n) is 3.62. The SMILES string of the molecule is Cl.NCCCNC(=O)c1cc2c(s1)-c1ccccc1CC2. The molecule has 1 aromatic carbocycles. The molecule has 0 bridgehead atoms. The molecule has 21 heavy (non-hydrogen) atoms. The van der Waals surface area contributed by atoms with Gasteiger partial charge in [-0.15, -0.1) is 23.7 Å². The minimum atomic E-state index is 0. The fraction of sp³-hybridized carbons (Fsp3) is 0.312. The third kappa shape index (κ3) is 3.28. The van der Waals surface area contributed by atoms with Crippen LogP contribution in [0.15, 0.2) is 30.3 Å². The van der Waals surface area contributed by atoms with E-state index in [0.717, 1.165) is 24.1 Å². The number of aryl methyl sites for hydroxylation is 2. The maximum Gasteiger partial charge on any atom is 0.261 e. The molecule has 1 heterocycles.